The van der Waals surface area contributed by atoms with Crippen molar-refractivity contribution >= 4 is 39.2 Å². The molecule has 0 spiro atoms. The quantitative estimate of drug-likeness (QED) is 0.441. The molecule has 31 heavy (non-hydrogen) atoms. The molecule has 0 aromatic carbocycles. The highest BCUT2D eigenvalue weighted by atomic mass is 32.1. The minimum Gasteiger partial charge on any atom is -0.466 e. The molecule has 8 nitrogen and oxygen atoms in total. The summed E-state index contributed by atoms with van der Waals surface area (Å²) in [6.45, 7) is 7.76. The third-order valence-electron chi connectivity index (χ3n) is 4.85. The second-order valence-electron chi connectivity index (χ2n) is 7.41. The Morgan fingerprint density at radius 2 is 2.00 bits per heavy atom. The second kappa shape index (κ2) is 7.99. The number of carbonyl (C=O) groups excluding carboxylic acids is 2. The first kappa shape index (κ1) is 20.8. The van der Waals surface area contributed by atoms with Gasteiger partial charge in [-0.2, -0.15) is 5.10 Å². The number of amides is 1. The molecular weight excluding hydrogens is 416 g/mol. The number of nitrogens with one attached hydrogen (secondary N) is 1. The van der Waals surface area contributed by atoms with E-state index in [1.807, 2.05) is 33.8 Å². The molecule has 4 aromatic rings. The fraction of sp³-hybridized carbons (Fsp3) is 0.273. The molecule has 0 saturated carbocycles. The number of furan rings is 1. The molecule has 0 atom stereocenters. The van der Waals surface area contributed by atoms with Gasteiger partial charge >= 0.3 is 5.97 Å². The number of nitrogens with zero attached hydrogens (tertiary/aromatic N) is 3. The fourth-order valence-corrected chi connectivity index (χ4v) is 4.22. The molecule has 4 rings (SSSR count). The van der Waals surface area contributed by atoms with Crippen molar-refractivity contribution < 1.29 is 18.7 Å². The molecule has 0 saturated heterocycles. The van der Waals surface area contributed by atoms with Crippen molar-refractivity contribution in [3.8, 4) is 11.3 Å². The van der Waals surface area contributed by atoms with Gasteiger partial charge in [0.25, 0.3) is 5.91 Å². The Kier molecular flexibility index (Phi) is 5.36. The number of hydrogen-bond acceptors (Lipinski definition) is 7. The van der Waals surface area contributed by atoms with Crippen LogP contribution in [0.2, 0.25) is 0 Å². The average Bonchev–Trinajstić information content (AvgIpc) is 3.44. The highest BCUT2D eigenvalue weighted by Gasteiger charge is 2.21. The molecule has 0 aliphatic carbocycles. The number of rotatable bonds is 5. The molecule has 4 heterocycles. The van der Waals surface area contributed by atoms with Gasteiger partial charge in [-0.05, 0) is 52.0 Å². The van der Waals surface area contributed by atoms with Gasteiger partial charge in [0.05, 0.1) is 35.0 Å². The number of pyridine rings is 1. The van der Waals surface area contributed by atoms with Crippen molar-refractivity contribution in [3.63, 3.8) is 0 Å². The third-order valence-corrected chi connectivity index (χ3v) is 5.83. The lowest BCUT2D eigenvalue weighted by molar-refractivity contribution is 0.0606. The van der Waals surface area contributed by atoms with E-state index < -0.39 is 5.97 Å². The van der Waals surface area contributed by atoms with Gasteiger partial charge in [0.2, 0.25) is 0 Å². The van der Waals surface area contributed by atoms with Crippen LogP contribution in [0, 0.1) is 13.8 Å². The van der Waals surface area contributed by atoms with Crippen LogP contribution in [0.1, 0.15) is 51.4 Å². The van der Waals surface area contributed by atoms with Gasteiger partial charge in [-0.15, -0.1) is 11.3 Å². The SMILES string of the molecule is COC(=O)c1ccc(NC(=O)c2cc(-c3cc(C)oc3C)nc3c2cnn3C(C)C)s1. The maximum absolute atomic E-state index is 13.2. The molecule has 0 bridgehead atoms. The van der Waals surface area contributed by atoms with Gasteiger partial charge in [0.15, 0.2) is 5.65 Å². The number of methoxy groups -OCH3 is 1. The highest BCUT2D eigenvalue weighted by Crippen LogP contribution is 2.31. The number of hydrogen-bond donors (Lipinski definition) is 1. The lowest BCUT2D eigenvalue weighted by atomic mass is 10.1. The van der Waals surface area contributed by atoms with Crippen molar-refractivity contribution in [2.75, 3.05) is 12.4 Å². The summed E-state index contributed by atoms with van der Waals surface area (Å²) in [5.41, 5.74) is 2.53. The van der Waals surface area contributed by atoms with Crippen LogP contribution in [0.25, 0.3) is 22.3 Å². The van der Waals surface area contributed by atoms with Crippen LogP contribution in [0.4, 0.5) is 5.00 Å². The van der Waals surface area contributed by atoms with Crippen LogP contribution >= 0.6 is 11.3 Å². The average molecular weight is 439 g/mol. The normalized spacial score (nSPS) is 11.3. The van der Waals surface area contributed by atoms with E-state index in [0.29, 0.717) is 32.2 Å². The van der Waals surface area contributed by atoms with Crippen LogP contribution in [-0.2, 0) is 4.74 Å². The molecule has 4 aromatic heterocycles. The highest BCUT2D eigenvalue weighted by molar-refractivity contribution is 7.18. The number of esters is 1. The van der Waals surface area contributed by atoms with Gasteiger partial charge in [0.1, 0.15) is 16.4 Å². The van der Waals surface area contributed by atoms with Crippen molar-refractivity contribution in [1.29, 1.82) is 0 Å². The van der Waals surface area contributed by atoms with Crippen molar-refractivity contribution in [2.24, 2.45) is 0 Å². The number of anilines is 1. The first-order valence-electron chi connectivity index (χ1n) is 9.73. The Labute approximate surface area is 182 Å². The summed E-state index contributed by atoms with van der Waals surface area (Å²) >= 11 is 1.15. The zero-order chi connectivity index (χ0) is 22.3. The number of fused-ring (bicyclic) bond motifs is 1. The summed E-state index contributed by atoms with van der Waals surface area (Å²) in [6, 6.07) is 7.02. The van der Waals surface area contributed by atoms with E-state index >= 15 is 0 Å². The Bertz CT molecular complexity index is 1300. The van der Waals surface area contributed by atoms with Gasteiger partial charge in [-0.25, -0.2) is 14.5 Å². The molecule has 0 unspecified atom stereocenters. The molecule has 0 fully saturated rings. The number of thiophene rings is 1. The van der Waals surface area contributed by atoms with Crippen molar-refractivity contribution in [3.05, 3.63) is 52.4 Å². The fourth-order valence-electron chi connectivity index (χ4n) is 3.40. The zero-order valence-corrected chi connectivity index (χ0v) is 18.7. The predicted molar refractivity (Wildman–Crippen MR) is 119 cm³/mol. The minimum absolute atomic E-state index is 0.0725. The summed E-state index contributed by atoms with van der Waals surface area (Å²) in [6.07, 6.45) is 1.66. The van der Waals surface area contributed by atoms with Crippen LogP contribution in [-0.4, -0.2) is 33.8 Å². The zero-order valence-electron chi connectivity index (χ0n) is 17.8. The molecule has 0 aliphatic rings. The number of aromatic nitrogens is 3. The van der Waals surface area contributed by atoms with E-state index in [-0.39, 0.29) is 11.9 Å². The molecule has 1 amide bonds. The smallest absolute Gasteiger partial charge is 0.348 e. The standard InChI is InChI=1S/C22H22N4O4S/c1-11(2)26-20-16(10-23-26)15(9-17(24-20)14-8-12(3)30-13(14)4)21(27)25-19-7-6-18(31-19)22(28)29-5/h6-11H,1-5H3,(H,25,27). The van der Waals surface area contributed by atoms with Gasteiger partial charge in [-0.1, -0.05) is 0 Å². The van der Waals surface area contributed by atoms with Crippen LogP contribution in [0.5, 0.6) is 0 Å². The third kappa shape index (κ3) is 3.84. The summed E-state index contributed by atoms with van der Waals surface area (Å²) in [5, 5.41) is 8.50. The van der Waals surface area contributed by atoms with E-state index in [1.54, 1.807) is 29.1 Å². The Hall–Kier alpha value is -3.46. The van der Waals surface area contributed by atoms with Crippen molar-refractivity contribution in [2.45, 2.75) is 33.7 Å². The van der Waals surface area contributed by atoms with Gasteiger partial charge in [0, 0.05) is 11.6 Å². The monoisotopic (exact) mass is 438 g/mol. The molecule has 1 N–H and O–H groups in total. The van der Waals surface area contributed by atoms with E-state index in [9.17, 15) is 9.59 Å². The molecule has 0 radical (unpaired) electrons. The summed E-state index contributed by atoms with van der Waals surface area (Å²) in [5.74, 6) is 0.746. The molecular formula is C22H22N4O4S. The minimum atomic E-state index is -0.442. The molecule has 9 heteroatoms. The maximum atomic E-state index is 13.2. The number of aryl methyl sites for hydroxylation is 2. The lowest BCUT2D eigenvalue weighted by Gasteiger charge is -2.10. The Balaban J connectivity index is 1.80. The van der Waals surface area contributed by atoms with Crippen LogP contribution in [0.3, 0.4) is 0 Å². The molecule has 0 aliphatic heterocycles. The largest absolute Gasteiger partial charge is 0.466 e. The summed E-state index contributed by atoms with van der Waals surface area (Å²) < 4.78 is 12.2. The van der Waals surface area contributed by atoms with Crippen molar-refractivity contribution in [1.82, 2.24) is 14.8 Å². The topological polar surface area (TPSA) is 99.2 Å². The number of ether oxygens (including phenoxy) is 1. The Morgan fingerprint density at radius 1 is 1.23 bits per heavy atom. The Morgan fingerprint density at radius 3 is 2.65 bits per heavy atom. The second-order valence-corrected chi connectivity index (χ2v) is 8.50. The predicted octanol–water partition coefficient (Wildman–Crippen LogP) is 4.99. The maximum Gasteiger partial charge on any atom is 0.348 e. The number of carbonyl (C=O) groups is 2. The summed E-state index contributed by atoms with van der Waals surface area (Å²) in [4.78, 5) is 30.1. The van der Waals surface area contributed by atoms with E-state index in [4.69, 9.17) is 14.1 Å². The van der Waals surface area contributed by atoms with Gasteiger partial charge < -0.3 is 14.5 Å². The summed E-state index contributed by atoms with van der Waals surface area (Å²) in [7, 11) is 1.32. The molecule has 160 valence electrons. The van der Waals surface area contributed by atoms with Crippen LogP contribution < -0.4 is 5.32 Å². The van der Waals surface area contributed by atoms with Gasteiger partial charge in [-0.3, -0.25) is 4.79 Å². The van der Waals surface area contributed by atoms with Crippen LogP contribution in [0.15, 0.2) is 34.9 Å². The lowest BCUT2D eigenvalue weighted by Crippen LogP contribution is -2.12. The van der Waals surface area contributed by atoms with E-state index in [1.165, 1.54) is 7.11 Å². The first-order valence-corrected chi connectivity index (χ1v) is 10.5. The van der Waals surface area contributed by atoms with E-state index in [0.717, 1.165) is 28.4 Å². The first-order chi connectivity index (χ1) is 14.8. The van der Waals surface area contributed by atoms with E-state index in [2.05, 4.69) is 10.4 Å².